The number of aliphatic carboxylic acids is 1. The molecule has 1 heterocycles. The van der Waals surface area contributed by atoms with E-state index in [0.717, 1.165) is 28.7 Å². The molecule has 0 bridgehead atoms. The minimum Gasteiger partial charge on any atom is -0.481 e. The molecule has 17 heavy (non-hydrogen) atoms. The predicted molar refractivity (Wildman–Crippen MR) is 70.8 cm³/mol. The summed E-state index contributed by atoms with van der Waals surface area (Å²) in [5, 5.41) is 12.9. The summed E-state index contributed by atoms with van der Waals surface area (Å²) in [5.74, 6) is -0.745. The third kappa shape index (κ3) is 4.00. The van der Waals surface area contributed by atoms with Crippen molar-refractivity contribution in [1.82, 2.24) is 9.78 Å². The van der Waals surface area contributed by atoms with E-state index >= 15 is 0 Å². The van der Waals surface area contributed by atoms with Gasteiger partial charge in [-0.1, -0.05) is 13.0 Å². The van der Waals surface area contributed by atoms with E-state index < -0.39 is 5.97 Å². The minimum absolute atomic E-state index is 0.216. The summed E-state index contributed by atoms with van der Waals surface area (Å²) in [6, 6.07) is 0. The SMILES string of the molecule is CCc1c(Br)c(/C=C/CCCC(=O)O)nn1C. The molecule has 0 aliphatic rings. The molecule has 0 aromatic carbocycles. The number of carboxylic acid groups (broad SMARTS) is 1. The van der Waals surface area contributed by atoms with Crippen LogP contribution < -0.4 is 0 Å². The molecule has 1 aromatic rings. The highest BCUT2D eigenvalue weighted by atomic mass is 79.9. The van der Waals surface area contributed by atoms with Gasteiger partial charge < -0.3 is 5.11 Å². The first-order valence-electron chi connectivity index (χ1n) is 5.66. The monoisotopic (exact) mass is 300 g/mol. The fraction of sp³-hybridized carbons (Fsp3) is 0.500. The van der Waals surface area contributed by atoms with Crippen LogP contribution in [0, 0.1) is 0 Å². The number of halogens is 1. The number of hydrogen-bond donors (Lipinski definition) is 1. The van der Waals surface area contributed by atoms with Crippen molar-refractivity contribution in [3.63, 3.8) is 0 Å². The predicted octanol–water partition coefficient (Wildman–Crippen LogP) is 3.01. The third-order valence-corrected chi connectivity index (χ3v) is 3.36. The molecule has 0 unspecified atom stereocenters. The number of allylic oxidation sites excluding steroid dienone is 1. The minimum atomic E-state index is -0.745. The number of unbranched alkanes of at least 4 members (excludes halogenated alkanes) is 1. The second-order valence-electron chi connectivity index (χ2n) is 3.81. The Labute approximate surface area is 109 Å². The zero-order chi connectivity index (χ0) is 12.8. The standard InChI is InChI=1S/C12H17BrN2O2/c1-3-10-12(13)9(14-15(10)2)7-5-4-6-8-11(16)17/h5,7H,3-4,6,8H2,1-2H3,(H,16,17)/b7-5+. The number of aryl methyl sites for hydroxylation is 1. The van der Waals surface area contributed by atoms with E-state index in [2.05, 4.69) is 28.0 Å². The molecule has 0 fully saturated rings. The Hall–Kier alpha value is -1.10. The molecule has 0 aliphatic heterocycles. The molecule has 1 rings (SSSR count). The van der Waals surface area contributed by atoms with Crippen molar-refractivity contribution in [3.05, 3.63) is 21.9 Å². The Kier molecular flexibility index (Phi) is 5.41. The Bertz CT molecular complexity index is 424. The van der Waals surface area contributed by atoms with Crippen LogP contribution in [0.25, 0.3) is 6.08 Å². The van der Waals surface area contributed by atoms with Crippen LogP contribution in [0.15, 0.2) is 10.5 Å². The lowest BCUT2D eigenvalue weighted by atomic mass is 10.2. The van der Waals surface area contributed by atoms with Gasteiger partial charge in [0.05, 0.1) is 15.9 Å². The van der Waals surface area contributed by atoms with Gasteiger partial charge in [-0.15, -0.1) is 0 Å². The molecule has 0 atom stereocenters. The number of aromatic nitrogens is 2. The van der Waals surface area contributed by atoms with Gasteiger partial charge in [0.2, 0.25) is 0 Å². The lowest BCUT2D eigenvalue weighted by Gasteiger charge is -1.95. The summed E-state index contributed by atoms with van der Waals surface area (Å²) >= 11 is 3.53. The van der Waals surface area contributed by atoms with Crippen LogP contribution in [-0.4, -0.2) is 20.9 Å². The molecule has 0 saturated carbocycles. The van der Waals surface area contributed by atoms with Gasteiger partial charge in [0.15, 0.2) is 0 Å². The molecule has 1 aromatic heterocycles. The topological polar surface area (TPSA) is 55.1 Å². The zero-order valence-electron chi connectivity index (χ0n) is 10.1. The van der Waals surface area contributed by atoms with Crippen molar-refractivity contribution in [2.45, 2.75) is 32.6 Å². The molecule has 0 aliphatic carbocycles. The normalized spacial score (nSPS) is 11.2. The number of hydrogen-bond acceptors (Lipinski definition) is 2. The van der Waals surface area contributed by atoms with Crippen molar-refractivity contribution in [2.24, 2.45) is 7.05 Å². The zero-order valence-corrected chi connectivity index (χ0v) is 11.7. The highest BCUT2D eigenvalue weighted by molar-refractivity contribution is 9.10. The molecule has 4 nitrogen and oxygen atoms in total. The fourth-order valence-electron chi connectivity index (χ4n) is 1.61. The van der Waals surface area contributed by atoms with Gasteiger partial charge in [-0.2, -0.15) is 5.10 Å². The molecule has 5 heteroatoms. The average molecular weight is 301 g/mol. The van der Waals surface area contributed by atoms with Gasteiger partial charge in [0, 0.05) is 13.5 Å². The summed E-state index contributed by atoms with van der Waals surface area (Å²) in [7, 11) is 1.92. The lowest BCUT2D eigenvalue weighted by Crippen LogP contribution is -1.96. The van der Waals surface area contributed by atoms with Gasteiger partial charge in [-0.3, -0.25) is 9.48 Å². The molecule has 94 valence electrons. The third-order valence-electron chi connectivity index (χ3n) is 2.50. The summed E-state index contributed by atoms with van der Waals surface area (Å²) < 4.78 is 2.89. The van der Waals surface area contributed by atoms with E-state index in [4.69, 9.17) is 5.11 Å². The van der Waals surface area contributed by atoms with Crippen molar-refractivity contribution >= 4 is 28.0 Å². The highest BCUT2D eigenvalue weighted by Crippen LogP contribution is 2.22. The molecule has 0 radical (unpaired) electrons. The highest BCUT2D eigenvalue weighted by Gasteiger charge is 2.09. The first-order chi connectivity index (χ1) is 8.06. The van der Waals surface area contributed by atoms with Crippen molar-refractivity contribution in [3.8, 4) is 0 Å². The van der Waals surface area contributed by atoms with Gasteiger partial charge >= 0.3 is 5.97 Å². The smallest absolute Gasteiger partial charge is 0.303 e. The van der Waals surface area contributed by atoms with Crippen LogP contribution >= 0.6 is 15.9 Å². The van der Waals surface area contributed by atoms with Gasteiger partial charge in [-0.25, -0.2) is 0 Å². The number of nitrogens with zero attached hydrogens (tertiary/aromatic N) is 2. The van der Waals surface area contributed by atoms with Crippen molar-refractivity contribution in [2.75, 3.05) is 0 Å². The number of carboxylic acids is 1. The fourth-order valence-corrected chi connectivity index (χ4v) is 2.36. The molecule has 0 saturated heterocycles. The van der Waals surface area contributed by atoms with Gasteiger partial charge in [0.25, 0.3) is 0 Å². The molecular weight excluding hydrogens is 284 g/mol. The van der Waals surface area contributed by atoms with E-state index in [-0.39, 0.29) is 6.42 Å². The second kappa shape index (κ2) is 6.59. The molecule has 0 spiro atoms. The molecule has 0 amide bonds. The first-order valence-corrected chi connectivity index (χ1v) is 6.45. The summed E-state index contributed by atoms with van der Waals surface area (Å²) in [5.41, 5.74) is 2.06. The van der Waals surface area contributed by atoms with E-state index in [0.29, 0.717) is 6.42 Å². The molecular formula is C12H17BrN2O2. The van der Waals surface area contributed by atoms with Crippen LogP contribution in [0.2, 0.25) is 0 Å². The maximum atomic E-state index is 10.3. The number of carbonyl (C=O) groups is 1. The quantitative estimate of drug-likeness (QED) is 0.822. The number of rotatable bonds is 6. The van der Waals surface area contributed by atoms with Crippen molar-refractivity contribution < 1.29 is 9.90 Å². The Morgan fingerprint density at radius 2 is 2.29 bits per heavy atom. The summed E-state index contributed by atoms with van der Waals surface area (Å²) in [4.78, 5) is 10.3. The van der Waals surface area contributed by atoms with Gasteiger partial charge in [-0.05, 0) is 41.3 Å². The van der Waals surface area contributed by atoms with E-state index in [1.165, 1.54) is 0 Å². The van der Waals surface area contributed by atoms with Crippen molar-refractivity contribution in [1.29, 1.82) is 0 Å². The summed E-state index contributed by atoms with van der Waals surface area (Å²) in [6.07, 6.45) is 6.47. The summed E-state index contributed by atoms with van der Waals surface area (Å²) in [6.45, 7) is 2.09. The first kappa shape index (κ1) is 14.0. The largest absolute Gasteiger partial charge is 0.481 e. The maximum absolute atomic E-state index is 10.3. The van der Waals surface area contributed by atoms with Gasteiger partial charge in [0.1, 0.15) is 0 Å². The maximum Gasteiger partial charge on any atom is 0.303 e. The second-order valence-corrected chi connectivity index (χ2v) is 4.60. The van der Waals surface area contributed by atoms with Crippen LogP contribution in [0.3, 0.4) is 0 Å². The van der Waals surface area contributed by atoms with Crippen LogP contribution in [0.5, 0.6) is 0 Å². The van der Waals surface area contributed by atoms with Crippen LogP contribution in [0.1, 0.15) is 37.6 Å². The Balaban J connectivity index is 2.57. The average Bonchev–Trinajstić information content (AvgIpc) is 2.53. The Morgan fingerprint density at radius 1 is 1.59 bits per heavy atom. The molecule has 1 N–H and O–H groups in total. The van der Waals surface area contributed by atoms with E-state index in [9.17, 15) is 4.79 Å². The van der Waals surface area contributed by atoms with E-state index in [1.807, 2.05) is 23.9 Å². The van der Waals surface area contributed by atoms with Crippen LogP contribution in [0.4, 0.5) is 0 Å². The van der Waals surface area contributed by atoms with Crippen LogP contribution in [-0.2, 0) is 18.3 Å². The van der Waals surface area contributed by atoms with E-state index in [1.54, 1.807) is 0 Å². The Morgan fingerprint density at radius 3 is 2.82 bits per heavy atom. The lowest BCUT2D eigenvalue weighted by molar-refractivity contribution is -0.137.